The summed E-state index contributed by atoms with van der Waals surface area (Å²) in [6, 6.07) is 39.3. The third kappa shape index (κ3) is 6.36. The second-order valence-corrected chi connectivity index (χ2v) is 14.8. The van der Waals surface area contributed by atoms with Crippen LogP contribution < -0.4 is 4.90 Å². The van der Waals surface area contributed by atoms with Crippen molar-refractivity contribution in [2.45, 2.75) is 6.42 Å². The molecule has 0 atom stereocenters. The molecular weight excluding hydrogens is 663 g/mol. The van der Waals surface area contributed by atoms with Crippen LogP contribution in [-0.4, -0.2) is 12.3 Å². The molecule has 226 valence electrons. The van der Waals surface area contributed by atoms with Crippen molar-refractivity contribution in [3.63, 3.8) is 0 Å². The molecule has 3 aromatic carbocycles. The molecule has 47 heavy (non-hydrogen) atoms. The van der Waals surface area contributed by atoms with E-state index in [0.29, 0.717) is 0 Å². The number of thiophene rings is 4. The van der Waals surface area contributed by atoms with Crippen LogP contribution in [0.5, 0.6) is 0 Å². The zero-order valence-electron chi connectivity index (χ0n) is 24.4. The number of rotatable bonds is 10. The number of carbonyl (C=O) groups is 2. The molecule has 0 N–H and O–H groups in total. The van der Waals surface area contributed by atoms with Gasteiger partial charge in [0.05, 0.1) is 6.42 Å². The van der Waals surface area contributed by atoms with E-state index in [1.807, 2.05) is 36.4 Å². The molecule has 0 unspecified atom stereocenters. The summed E-state index contributed by atoms with van der Waals surface area (Å²) < 4.78 is 9.18. The maximum atomic E-state index is 11.6. The molecule has 0 bridgehead atoms. The first-order chi connectivity index (χ1) is 23.0. The van der Waals surface area contributed by atoms with Crippen molar-refractivity contribution in [2.75, 3.05) is 4.90 Å². The topological polar surface area (TPSA) is 94.2 Å². The predicted octanol–water partition coefficient (Wildman–Crippen LogP) is 10.7. The summed E-state index contributed by atoms with van der Waals surface area (Å²) >= 11 is 6.49. The fraction of sp³-hybridized carbons (Fsp3) is 0.0270. The lowest BCUT2D eigenvalue weighted by molar-refractivity contribution is -0.124. The molecular formula is C37H21N3O3S4. The summed E-state index contributed by atoms with van der Waals surface area (Å²) in [5.74, 6) is -0.446. The van der Waals surface area contributed by atoms with E-state index in [-0.39, 0.29) is 18.7 Å². The summed E-state index contributed by atoms with van der Waals surface area (Å²) in [6.45, 7) is 0.260. The van der Waals surface area contributed by atoms with E-state index in [2.05, 4.69) is 77.7 Å². The predicted molar refractivity (Wildman–Crippen MR) is 194 cm³/mol. The number of hydrogen-bond donors (Lipinski definition) is 0. The lowest BCUT2D eigenvalue weighted by Gasteiger charge is -2.25. The van der Waals surface area contributed by atoms with Crippen LogP contribution in [0.2, 0.25) is 0 Å². The maximum absolute atomic E-state index is 11.6. The van der Waals surface area contributed by atoms with Crippen LogP contribution in [0.3, 0.4) is 0 Å². The van der Waals surface area contributed by atoms with Crippen LogP contribution in [0, 0.1) is 22.7 Å². The van der Waals surface area contributed by atoms with Crippen molar-refractivity contribution in [1.29, 1.82) is 10.5 Å². The number of ether oxygens (including phenoxy) is 1. The first-order valence-electron chi connectivity index (χ1n) is 14.3. The number of anilines is 3. The van der Waals surface area contributed by atoms with Gasteiger partial charge in [-0.15, -0.1) is 45.3 Å². The third-order valence-electron chi connectivity index (χ3n) is 7.34. The number of nitriles is 2. The SMILES string of the molecule is N#CC(=O)Cc1cc2sc(-c3ccc(N(c4ccccc4)c4ccc(-c5cc6sc(C=C(C#N)OC=O)cc6s5)cc4)cc3)cc2s1. The zero-order valence-corrected chi connectivity index (χ0v) is 27.6. The zero-order chi connectivity index (χ0) is 32.3. The van der Waals surface area contributed by atoms with Crippen LogP contribution >= 0.6 is 45.3 Å². The van der Waals surface area contributed by atoms with Gasteiger partial charge in [0.2, 0.25) is 11.5 Å². The molecule has 0 amide bonds. The van der Waals surface area contributed by atoms with E-state index >= 15 is 0 Å². The third-order valence-corrected chi connectivity index (χ3v) is 12.0. The Balaban J connectivity index is 1.14. The van der Waals surface area contributed by atoms with Crippen LogP contribution in [0.25, 0.3) is 45.8 Å². The lowest BCUT2D eigenvalue weighted by atomic mass is 10.1. The molecule has 0 aliphatic heterocycles. The molecule has 0 fully saturated rings. The van der Waals surface area contributed by atoms with Gasteiger partial charge in [-0.1, -0.05) is 42.5 Å². The minimum absolute atomic E-state index is 0.0317. The average molecular weight is 684 g/mol. The van der Waals surface area contributed by atoms with E-state index in [1.165, 1.54) is 0 Å². The van der Waals surface area contributed by atoms with Crippen molar-refractivity contribution in [2.24, 2.45) is 0 Å². The molecule has 10 heteroatoms. The number of carbonyl (C=O) groups excluding carboxylic acids is 2. The number of fused-ring (bicyclic) bond motifs is 2. The van der Waals surface area contributed by atoms with Gasteiger partial charge in [0.1, 0.15) is 12.1 Å². The molecule has 0 radical (unpaired) electrons. The maximum Gasteiger partial charge on any atom is 0.299 e. The van der Waals surface area contributed by atoms with Crippen LogP contribution in [0.1, 0.15) is 9.75 Å². The highest BCUT2D eigenvalue weighted by atomic mass is 32.1. The van der Waals surface area contributed by atoms with Gasteiger partial charge >= 0.3 is 0 Å². The van der Waals surface area contributed by atoms with E-state index in [1.54, 1.807) is 57.5 Å². The number of ketones is 1. The highest BCUT2D eigenvalue weighted by molar-refractivity contribution is 7.30. The number of benzene rings is 3. The van der Waals surface area contributed by atoms with Gasteiger partial charge in [0.15, 0.2) is 0 Å². The highest BCUT2D eigenvalue weighted by Crippen LogP contribution is 2.42. The number of nitrogens with zero attached hydrogens (tertiary/aromatic N) is 3. The van der Waals surface area contributed by atoms with Crippen molar-refractivity contribution in [3.05, 3.63) is 119 Å². The summed E-state index contributed by atoms with van der Waals surface area (Å²) in [5.41, 5.74) is 5.36. The first kappa shape index (κ1) is 30.3. The summed E-state index contributed by atoms with van der Waals surface area (Å²) in [6.07, 6.45) is 1.74. The minimum Gasteiger partial charge on any atom is -0.417 e. The van der Waals surface area contributed by atoms with Crippen molar-refractivity contribution in [1.82, 2.24) is 0 Å². The van der Waals surface area contributed by atoms with Crippen LogP contribution in [0.4, 0.5) is 17.1 Å². The van der Waals surface area contributed by atoms with Gasteiger partial charge in [0, 0.05) is 61.4 Å². The van der Waals surface area contributed by atoms with Gasteiger partial charge < -0.3 is 9.64 Å². The fourth-order valence-corrected chi connectivity index (χ4v) is 10.00. The molecule has 4 aromatic heterocycles. The Morgan fingerprint density at radius 3 is 1.77 bits per heavy atom. The number of hydrogen-bond acceptors (Lipinski definition) is 10. The minimum atomic E-state index is -0.415. The Hall–Kier alpha value is -5.36. The summed E-state index contributed by atoms with van der Waals surface area (Å²) in [7, 11) is 0. The molecule has 0 aliphatic rings. The normalized spacial score (nSPS) is 11.3. The first-order valence-corrected chi connectivity index (χ1v) is 17.5. The standard InChI is InChI=1S/C37H21N3O3S4/c38-20-28(42)14-30-16-34-36(44-30)18-32(46-34)23-6-10-26(11-7-23)40(25-4-2-1-3-5-25)27-12-8-24(9-13-27)33-19-37-35(47-33)17-31(45-37)15-29(21-39)43-22-41/h1-13,15-19,22H,14H2. The molecule has 0 aliphatic carbocycles. The van der Waals surface area contributed by atoms with Gasteiger partial charge in [-0.2, -0.15) is 10.5 Å². The van der Waals surface area contributed by atoms with E-state index in [9.17, 15) is 9.59 Å². The Kier molecular flexibility index (Phi) is 8.49. The summed E-state index contributed by atoms with van der Waals surface area (Å²) in [4.78, 5) is 28.5. The molecule has 6 nitrogen and oxygen atoms in total. The Morgan fingerprint density at radius 2 is 1.23 bits per heavy atom. The molecule has 7 rings (SSSR count). The number of allylic oxidation sites excluding steroid dienone is 1. The van der Waals surface area contributed by atoms with Gasteiger partial charge in [-0.3, -0.25) is 9.59 Å². The average Bonchev–Trinajstić information content (AvgIpc) is 3.86. The number of para-hydroxylation sites is 1. The monoisotopic (exact) mass is 683 g/mol. The quantitative estimate of drug-likeness (QED) is 0.0616. The van der Waals surface area contributed by atoms with Crippen molar-refractivity contribution >= 4 is 99.5 Å². The number of Topliss-reactive ketones (excluding diaryl/α,β-unsaturated/α-hetero) is 1. The fourth-order valence-electron chi connectivity index (χ4n) is 5.23. The smallest absolute Gasteiger partial charge is 0.299 e. The molecule has 4 heterocycles. The Morgan fingerprint density at radius 1 is 0.681 bits per heavy atom. The highest BCUT2D eigenvalue weighted by Gasteiger charge is 2.16. The second-order valence-electron chi connectivity index (χ2n) is 10.4. The van der Waals surface area contributed by atoms with Gasteiger partial charge in [-0.05, 0) is 71.8 Å². The molecule has 0 saturated carbocycles. The van der Waals surface area contributed by atoms with Gasteiger partial charge in [0.25, 0.3) is 6.47 Å². The van der Waals surface area contributed by atoms with E-state index in [0.717, 1.165) is 66.5 Å². The molecule has 7 aromatic rings. The van der Waals surface area contributed by atoms with Crippen LogP contribution in [-0.2, 0) is 20.7 Å². The Bertz CT molecular complexity index is 2300. The van der Waals surface area contributed by atoms with E-state index in [4.69, 9.17) is 15.3 Å². The molecule has 0 spiro atoms. The van der Waals surface area contributed by atoms with Crippen LogP contribution in [0.15, 0.2) is 109 Å². The van der Waals surface area contributed by atoms with Gasteiger partial charge in [-0.25, -0.2) is 0 Å². The summed E-state index contributed by atoms with van der Waals surface area (Å²) in [5, 5.41) is 18.0. The Labute approximate surface area is 285 Å². The largest absolute Gasteiger partial charge is 0.417 e. The lowest BCUT2D eigenvalue weighted by Crippen LogP contribution is -2.09. The molecule has 0 saturated heterocycles. The van der Waals surface area contributed by atoms with Crippen molar-refractivity contribution < 1.29 is 14.3 Å². The van der Waals surface area contributed by atoms with E-state index < -0.39 is 5.78 Å². The second kappa shape index (κ2) is 13.2. The van der Waals surface area contributed by atoms with Crippen molar-refractivity contribution in [3.8, 4) is 33.0 Å².